The van der Waals surface area contributed by atoms with Gasteiger partial charge in [-0.1, -0.05) is 6.07 Å². The van der Waals surface area contributed by atoms with Crippen LogP contribution in [0.15, 0.2) is 24.3 Å². The van der Waals surface area contributed by atoms with E-state index < -0.39 is 0 Å². The zero-order valence-electron chi connectivity index (χ0n) is 14.8. The number of nitrogens with one attached hydrogen (secondary N) is 1. The van der Waals surface area contributed by atoms with Gasteiger partial charge >= 0.3 is 0 Å². The first-order valence-electron chi connectivity index (χ1n) is 7.84. The van der Waals surface area contributed by atoms with E-state index in [1.807, 2.05) is 32.0 Å². The lowest BCUT2D eigenvalue weighted by atomic mass is 9.91. The SMILES string of the molecule is COc1ccc(NCc2c(C)cc(C)c(C(C)=O)c2C)c(C)c1. The highest BCUT2D eigenvalue weighted by Crippen LogP contribution is 2.26. The van der Waals surface area contributed by atoms with Crippen molar-refractivity contribution in [3.8, 4) is 5.75 Å². The van der Waals surface area contributed by atoms with Crippen LogP contribution in [0.5, 0.6) is 5.75 Å². The Kier molecular flexibility index (Phi) is 5.09. The Labute approximate surface area is 138 Å². The van der Waals surface area contributed by atoms with Gasteiger partial charge in [0.15, 0.2) is 5.78 Å². The van der Waals surface area contributed by atoms with Crippen molar-refractivity contribution in [1.82, 2.24) is 0 Å². The molecule has 2 rings (SSSR count). The van der Waals surface area contributed by atoms with Gasteiger partial charge in [-0.2, -0.15) is 0 Å². The van der Waals surface area contributed by atoms with Crippen molar-refractivity contribution in [2.45, 2.75) is 41.2 Å². The molecule has 2 aromatic carbocycles. The number of Topliss-reactive ketones (excluding diaryl/α,β-unsaturated/α-hetero) is 1. The Hall–Kier alpha value is -2.29. The summed E-state index contributed by atoms with van der Waals surface area (Å²) < 4.78 is 5.24. The maximum absolute atomic E-state index is 11.9. The maximum atomic E-state index is 11.9. The summed E-state index contributed by atoms with van der Waals surface area (Å²) in [7, 11) is 1.67. The first-order chi connectivity index (χ1) is 10.8. The van der Waals surface area contributed by atoms with Gasteiger partial charge in [0.25, 0.3) is 0 Å². The molecule has 0 bridgehead atoms. The first kappa shape index (κ1) is 17.1. The molecule has 0 aliphatic heterocycles. The summed E-state index contributed by atoms with van der Waals surface area (Å²) >= 11 is 0. The van der Waals surface area contributed by atoms with Gasteiger partial charge in [-0.25, -0.2) is 0 Å². The van der Waals surface area contributed by atoms with Gasteiger partial charge in [-0.05, 0) is 80.6 Å². The lowest BCUT2D eigenvalue weighted by molar-refractivity contribution is 0.101. The topological polar surface area (TPSA) is 38.3 Å². The van der Waals surface area contributed by atoms with Gasteiger partial charge in [0.2, 0.25) is 0 Å². The van der Waals surface area contributed by atoms with Crippen LogP contribution in [0.25, 0.3) is 0 Å². The van der Waals surface area contributed by atoms with Gasteiger partial charge in [0.1, 0.15) is 5.75 Å². The minimum Gasteiger partial charge on any atom is -0.497 e. The molecule has 2 aromatic rings. The van der Waals surface area contributed by atoms with Crippen LogP contribution >= 0.6 is 0 Å². The van der Waals surface area contributed by atoms with E-state index in [-0.39, 0.29) is 5.78 Å². The zero-order valence-corrected chi connectivity index (χ0v) is 14.8. The second-order valence-electron chi connectivity index (χ2n) is 6.08. The molecule has 3 heteroatoms. The van der Waals surface area contributed by atoms with Crippen molar-refractivity contribution in [2.75, 3.05) is 12.4 Å². The monoisotopic (exact) mass is 311 g/mol. The van der Waals surface area contributed by atoms with Crippen molar-refractivity contribution < 1.29 is 9.53 Å². The van der Waals surface area contributed by atoms with Crippen molar-refractivity contribution in [3.63, 3.8) is 0 Å². The number of ketones is 1. The molecule has 0 amide bonds. The Morgan fingerprint density at radius 1 is 1.04 bits per heavy atom. The van der Waals surface area contributed by atoms with Gasteiger partial charge in [-0.15, -0.1) is 0 Å². The third-order valence-corrected chi connectivity index (χ3v) is 4.37. The van der Waals surface area contributed by atoms with E-state index in [0.717, 1.165) is 33.7 Å². The summed E-state index contributed by atoms with van der Waals surface area (Å²) in [6.45, 7) is 10.5. The van der Waals surface area contributed by atoms with E-state index in [2.05, 4.69) is 25.2 Å². The van der Waals surface area contributed by atoms with Gasteiger partial charge < -0.3 is 10.1 Å². The molecule has 0 radical (unpaired) electrons. The number of benzene rings is 2. The van der Waals surface area contributed by atoms with Gasteiger partial charge in [0.05, 0.1) is 7.11 Å². The number of aryl methyl sites for hydroxylation is 3. The fraction of sp³-hybridized carbons (Fsp3) is 0.350. The van der Waals surface area contributed by atoms with Crippen molar-refractivity contribution in [3.05, 3.63) is 57.6 Å². The van der Waals surface area contributed by atoms with Crippen LogP contribution in [-0.4, -0.2) is 12.9 Å². The predicted octanol–water partition coefficient (Wildman–Crippen LogP) is 4.74. The number of methoxy groups -OCH3 is 1. The highest BCUT2D eigenvalue weighted by atomic mass is 16.5. The molecule has 0 aliphatic carbocycles. The summed E-state index contributed by atoms with van der Waals surface area (Å²) in [5, 5.41) is 3.48. The standard InChI is InChI=1S/C20H25NO2/c1-12-9-14(3)20(16(5)22)15(4)18(12)11-21-19-8-7-17(23-6)10-13(19)2/h7-10,21H,11H2,1-6H3. The Balaban J connectivity index is 2.31. The molecule has 23 heavy (non-hydrogen) atoms. The Morgan fingerprint density at radius 3 is 2.30 bits per heavy atom. The Bertz CT molecular complexity index is 748. The number of rotatable bonds is 5. The number of carbonyl (C=O) groups is 1. The van der Waals surface area contributed by atoms with Crippen LogP contribution in [0.4, 0.5) is 5.69 Å². The molecule has 0 spiro atoms. The fourth-order valence-corrected chi connectivity index (χ4v) is 3.19. The fourth-order valence-electron chi connectivity index (χ4n) is 3.19. The number of anilines is 1. The van der Waals surface area contributed by atoms with E-state index in [0.29, 0.717) is 6.54 Å². The van der Waals surface area contributed by atoms with E-state index >= 15 is 0 Å². The predicted molar refractivity (Wildman–Crippen MR) is 95.7 cm³/mol. The molecule has 0 heterocycles. The minimum absolute atomic E-state index is 0.127. The molecule has 0 fully saturated rings. The highest BCUT2D eigenvalue weighted by Gasteiger charge is 2.14. The molecule has 122 valence electrons. The quantitative estimate of drug-likeness (QED) is 0.810. The molecule has 0 saturated carbocycles. The first-order valence-corrected chi connectivity index (χ1v) is 7.84. The molecule has 3 nitrogen and oxygen atoms in total. The normalized spacial score (nSPS) is 10.5. The number of ether oxygens (including phenoxy) is 1. The van der Waals surface area contributed by atoms with Crippen LogP contribution in [0.3, 0.4) is 0 Å². The maximum Gasteiger partial charge on any atom is 0.160 e. The molecule has 0 aromatic heterocycles. The summed E-state index contributed by atoms with van der Waals surface area (Å²) in [6, 6.07) is 8.09. The lowest BCUT2D eigenvalue weighted by Crippen LogP contribution is -2.10. The van der Waals surface area contributed by atoms with Crippen molar-refractivity contribution in [2.24, 2.45) is 0 Å². The second-order valence-corrected chi connectivity index (χ2v) is 6.08. The Morgan fingerprint density at radius 2 is 1.74 bits per heavy atom. The molecular formula is C20H25NO2. The third kappa shape index (κ3) is 3.55. The van der Waals surface area contributed by atoms with Crippen LogP contribution in [-0.2, 0) is 6.54 Å². The summed E-state index contributed by atoms with van der Waals surface area (Å²) in [6.07, 6.45) is 0. The minimum atomic E-state index is 0.127. The third-order valence-electron chi connectivity index (χ3n) is 4.37. The van der Waals surface area contributed by atoms with Crippen molar-refractivity contribution in [1.29, 1.82) is 0 Å². The van der Waals surface area contributed by atoms with E-state index in [4.69, 9.17) is 4.74 Å². The van der Waals surface area contributed by atoms with Gasteiger partial charge in [-0.3, -0.25) is 4.79 Å². The second kappa shape index (κ2) is 6.86. The number of carbonyl (C=O) groups excluding carboxylic acids is 1. The summed E-state index contributed by atoms with van der Waals surface area (Å²) in [5.74, 6) is 0.983. The smallest absolute Gasteiger partial charge is 0.160 e. The van der Waals surface area contributed by atoms with Crippen LogP contribution in [0.1, 0.15) is 45.1 Å². The van der Waals surface area contributed by atoms with E-state index in [1.54, 1.807) is 14.0 Å². The average molecular weight is 311 g/mol. The summed E-state index contributed by atoms with van der Waals surface area (Å²) in [5.41, 5.74) is 7.59. The zero-order chi connectivity index (χ0) is 17.1. The molecular weight excluding hydrogens is 286 g/mol. The van der Waals surface area contributed by atoms with Crippen LogP contribution in [0.2, 0.25) is 0 Å². The molecule has 1 N–H and O–H groups in total. The number of hydrogen-bond donors (Lipinski definition) is 1. The van der Waals surface area contributed by atoms with E-state index in [1.165, 1.54) is 11.1 Å². The largest absolute Gasteiger partial charge is 0.497 e. The van der Waals surface area contributed by atoms with Crippen LogP contribution in [0, 0.1) is 27.7 Å². The molecule has 0 saturated heterocycles. The number of hydrogen-bond acceptors (Lipinski definition) is 3. The van der Waals surface area contributed by atoms with Crippen molar-refractivity contribution >= 4 is 11.5 Å². The molecule has 0 unspecified atom stereocenters. The van der Waals surface area contributed by atoms with Gasteiger partial charge in [0, 0.05) is 17.8 Å². The molecule has 0 atom stereocenters. The van der Waals surface area contributed by atoms with E-state index in [9.17, 15) is 4.79 Å². The molecule has 0 aliphatic rings. The highest BCUT2D eigenvalue weighted by molar-refractivity contribution is 5.97. The summed E-state index contributed by atoms with van der Waals surface area (Å²) in [4.78, 5) is 11.9. The average Bonchev–Trinajstić information content (AvgIpc) is 2.47. The lowest BCUT2D eigenvalue weighted by Gasteiger charge is -2.18. The van der Waals surface area contributed by atoms with Crippen LogP contribution < -0.4 is 10.1 Å².